The summed E-state index contributed by atoms with van der Waals surface area (Å²) in [4.78, 5) is 33.3. The number of amides is 1. The highest BCUT2D eigenvalue weighted by Crippen LogP contribution is 2.19. The molecule has 0 aliphatic rings. The molecular weight excluding hydrogens is 434 g/mol. The van der Waals surface area contributed by atoms with Crippen LogP contribution in [0.3, 0.4) is 0 Å². The Labute approximate surface area is 191 Å². The second-order valence-electron chi connectivity index (χ2n) is 8.25. The van der Waals surface area contributed by atoms with Gasteiger partial charge in [0, 0.05) is 31.5 Å². The summed E-state index contributed by atoms with van der Waals surface area (Å²) in [6.07, 6.45) is 0.934. The van der Waals surface area contributed by atoms with E-state index in [0.717, 1.165) is 16.1 Å². The molecule has 0 spiro atoms. The Morgan fingerprint density at radius 3 is 2.75 bits per heavy atom. The van der Waals surface area contributed by atoms with E-state index < -0.39 is 23.4 Å². The normalized spacial score (nSPS) is 12.4. The molecule has 0 aliphatic heterocycles. The second kappa shape index (κ2) is 11.3. The van der Waals surface area contributed by atoms with Crippen LogP contribution in [0.15, 0.2) is 11.7 Å². The summed E-state index contributed by atoms with van der Waals surface area (Å²) < 4.78 is 7.31. The van der Waals surface area contributed by atoms with Gasteiger partial charge < -0.3 is 26.0 Å². The summed E-state index contributed by atoms with van der Waals surface area (Å²) >= 11 is 1.57. The Hall–Kier alpha value is -2.63. The van der Waals surface area contributed by atoms with E-state index in [4.69, 9.17) is 10.5 Å². The fourth-order valence-corrected chi connectivity index (χ4v) is 3.80. The Morgan fingerprint density at radius 2 is 2.09 bits per heavy atom. The number of rotatable bonds is 11. The van der Waals surface area contributed by atoms with Crippen molar-refractivity contribution in [3.8, 4) is 0 Å². The number of carbonyl (C=O) groups excluding carboxylic acids is 2. The Morgan fingerprint density at radius 1 is 1.38 bits per heavy atom. The predicted molar refractivity (Wildman–Crippen MR) is 119 cm³/mol. The van der Waals surface area contributed by atoms with E-state index >= 15 is 0 Å². The highest BCUT2D eigenvalue weighted by atomic mass is 32.1. The van der Waals surface area contributed by atoms with Crippen LogP contribution >= 0.6 is 11.3 Å². The molecule has 1 amide bonds. The molecule has 5 N–H and O–H groups in total. The molecule has 0 saturated heterocycles. The fourth-order valence-electron chi connectivity index (χ4n) is 2.82. The Kier molecular flexibility index (Phi) is 9.05. The number of nitrogen functional groups attached to an aromatic ring is 1. The molecule has 2 aromatic rings. The third-order valence-corrected chi connectivity index (χ3v) is 6.28. The summed E-state index contributed by atoms with van der Waals surface area (Å²) in [6, 6.07) is 0. The largest absolute Gasteiger partial charge is 0.465 e. The van der Waals surface area contributed by atoms with Gasteiger partial charge in [-0.1, -0.05) is 25.2 Å². The van der Waals surface area contributed by atoms with Gasteiger partial charge in [0.25, 0.3) is 0 Å². The standard InChI is InChI=1S/C21H31N5O5S/c1-13-16(32-12-26(13)10-15-9-24-14(2)25-19(15)22)6-8-31-17(28)5-7-23-20(30)18(29)21(3,4)11-27/h9,12,18,27,29H,5-8,10-11H2,1-4H3,(H2-,22,23,24,25,30)/p+1/t18-/m0/s1. The van der Waals surface area contributed by atoms with E-state index in [9.17, 15) is 19.8 Å². The minimum atomic E-state index is -1.36. The molecule has 0 unspecified atom stereocenters. The van der Waals surface area contributed by atoms with Gasteiger partial charge in [-0.3, -0.25) is 9.59 Å². The summed E-state index contributed by atoms with van der Waals surface area (Å²) in [5.74, 6) is 0.0271. The van der Waals surface area contributed by atoms with E-state index in [-0.39, 0.29) is 26.2 Å². The Balaban J connectivity index is 1.75. The second-order valence-corrected chi connectivity index (χ2v) is 9.19. The van der Waals surface area contributed by atoms with Crippen molar-refractivity contribution < 1.29 is 29.1 Å². The lowest BCUT2D eigenvalue weighted by Gasteiger charge is -2.27. The molecular formula is C21H32N5O5S+. The summed E-state index contributed by atoms with van der Waals surface area (Å²) in [6.45, 7) is 7.44. The summed E-state index contributed by atoms with van der Waals surface area (Å²) in [5.41, 5.74) is 8.90. The van der Waals surface area contributed by atoms with Crippen molar-refractivity contribution in [2.24, 2.45) is 5.41 Å². The number of thiazole rings is 1. The lowest BCUT2D eigenvalue weighted by Crippen LogP contribution is -2.46. The lowest BCUT2D eigenvalue weighted by molar-refractivity contribution is -0.689. The van der Waals surface area contributed by atoms with Gasteiger partial charge in [-0.25, -0.2) is 9.97 Å². The van der Waals surface area contributed by atoms with Crippen molar-refractivity contribution in [1.82, 2.24) is 15.3 Å². The minimum absolute atomic E-state index is 0.00582. The first-order chi connectivity index (χ1) is 15.0. The SMILES string of the molecule is Cc1ncc(C[n+]2csc(CCOC(=O)CCNC(=O)[C@H](O)C(C)(C)CO)c2C)c(N)n1. The van der Waals surface area contributed by atoms with E-state index in [2.05, 4.69) is 19.9 Å². The zero-order valence-corrected chi connectivity index (χ0v) is 19.7. The number of hydrogen-bond donors (Lipinski definition) is 4. The highest BCUT2D eigenvalue weighted by Gasteiger charge is 2.32. The fraction of sp³-hybridized carbons (Fsp3) is 0.571. The molecule has 0 bridgehead atoms. The van der Waals surface area contributed by atoms with Crippen LogP contribution in [0.25, 0.3) is 0 Å². The van der Waals surface area contributed by atoms with Crippen molar-refractivity contribution in [2.45, 2.75) is 53.2 Å². The van der Waals surface area contributed by atoms with Crippen LogP contribution in [-0.4, -0.2) is 57.9 Å². The van der Waals surface area contributed by atoms with Crippen LogP contribution < -0.4 is 15.6 Å². The first-order valence-electron chi connectivity index (χ1n) is 10.3. The quantitative estimate of drug-likeness (QED) is 0.268. The molecule has 11 heteroatoms. The van der Waals surface area contributed by atoms with Crippen LogP contribution in [0, 0.1) is 19.3 Å². The number of aliphatic hydroxyl groups is 2. The van der Waals surface area contributed by atoms with Gasteiger partial charge >= 0.3 is 5.97 Å². The average molecular weight is 467 g/mol. The van der Waals surface area contributed by atoms with E-state index in [1.807, 2.05) is 12.4 Å². The zero-order valence-electron chi connectivity index (χ0n) is 18.9. The van der Waals surface area contributed by atoms with Crippen LogP contribution in [0.5, 0.6) is 0 Å². The maximum atomic E-state index is 11.9. The van der Waals surface area contributed by atoms with Crippen LogP contribution in [-0.2, 0) is 27.3 Å². The number of ether oxygens (including phenoxy) is 1. The molecule has 0 saturated carbocycles. The minimum Gasteiger partial charge on any atom is -0.465 e. The molecule has 10 nitrogen and oxygen atoms in total. The monoisotopic (exact) mass is 466 g/mol. The summed E-state index contributed by atoms with van der Waals surface area (Å²) in [7, 11) is 0. The molecule has 0 aromatic carbocycles. The molecule has 0 radical (unpaired) electrons. The lowest BCUT2D eigenvalue weighted by atomic mass is 9.87. The van der Waals surface area contributed by atoms with Crippen LogP contribution in [0.2, 0.25) is 0 Å². The van der Waals surface area contributed by atoms with Gasteiger partial charge in [-0.2, -0.15) is 4.57 Å². The Bertz CT molecular complexity index is 947. The van der Waals surface area contributed by atoms with Crippen molar-refractivity contribution in [2.75, 3.05) is 25.5 Å². The topological polar surface area (TPSA) is 152 Å². The molecule has 2 aromatic heterocycles. The molecule has 32 heavy (non-hydrogen) atoms. The highest BCUT2D eigenvalue weighted by molar-refractivity contribution is 7.09. The zero-order chi connectivity index (χ0) is 23.9. The van der Waals surface area contributed by atoms with Crippen molar-refractivity contribution in [1.29, 1.82) is 0 Å². The van der Waals surface area contributed by atoms with Gasteiger partial charge in [0.15, 0.2) is 12.2 Å². The van der Waals surface area contributed by atoms with Crippen LogP contribution in [0.4, 0.5) is 5.82 Å². The number of aryl methyl sites for hydroxylation is 1. The van der Waals surface area contributed by atoms with E-state index in [0.29, 0.717) is 24.6 Å². The number of nitrogens with one attached hydrogen (secondary N) is 1. The number of nitrogens with zero attached hydrogens (tertiary/aromatic N) is 3. The molecule has 2 rings (SSSR count). The van der Waals surface area contributed by atoms with Gasteiger partial charge in [0.2, 0.25) is 11.4 Å². The first-order valence-corrected chi connectivity index (χ1v) is 11.2. The van der Waals surface area contributed by atoms with Crippen molar-refractivity contribution in [3.05, 3.63) is 33.7 Å². The predicted octanol–water partition coefficient (Wildman–Crippen LogP) is 0.0443. The maximum Gasteiger partial charge on any atom is 0.307 e. The number of carbonyl (C=O) groups is 2. The third kappa shape index (κ3) is 6.94. The van der Waals surface area contributed by atoms with Crippen molar-refractivity contribution >= 4 is 29.0 Å². The number of esters is 1. The van der Waals surface area contributed by atoms with Gasteiger partial charge in [0.1, 0.15) is 17.7 Å². The number of aliphatic hydroxyl groups excluding tert-OH is 2. The smallest absolute Gasteiger partial charge is 0.307 e. The van der Waals surface area contributed by atoms with Crippen LogP contribution in [0.1, 0.15) is 42.2 Å². The van der Waals surface area contributed by atoms with E-state index in [1.165, 1.54) is 0 Å². The molecule has 0 aliphatic carbocycles. The third-order valence-electron chi connectivity index (χ3n) is 5.13. The average Bonchev–Trinajstić information content (AvgIpc) is 3.08. The number of hydrogen-bond acceptors (Lipinski definition) is 9. The number of anilines is 1. The molecule has 2 heterocycles. The molecule has 1 atom stereocenters. The van der Waals surface area contributed by atoms with Gasteiger partial charge in [0.05, 0.1) is 30.1 Å². The van der Waals surface area contributed by atoms with E-state index in [1.54, 1.807) is 38.3 Å². The van der Waals surface area contributed by atoms with Crippen molar-refractivity contribution in [3.63, 3.8) is 0 Å². The first kappa shape index (κ1) is 25.6. The van der Waals surface area contributed by atoms with Gasteiger partial charge in [-0.15, -0.1) is 0 Å². The summed E-state index contributed by atoms with van der Waals surface area (Å²) in [5, 5.41) is 21.6. The molecule has 176 valence electrons. The molecule has 0 fully saturated rings. The maximum absolute atomic E-state index is 11.9. The number of nitrogens with two attached hydrogens (primary N) is 1. The number of aromatic nitrogens is 3. The van der Waals surface area contributed by atoms with Gasteiger partial charge in [-0.05, 0) is 6.92 Å².